The molecule has 0 radical (unpaired) electrons. The SMILES string of the molecule is N=C(NO)c1cc(-c2cn(C3CCCC3)c3c(C(=O)O)c[nH]c(=O)c23)cs1. The van der Waals surface area contributed by atoms with Crippen LogP contribution in [0.1, 0.15) is 47.0 Å². The molecule has 1 saturated carbocycles. The van der Waals surface area contributed by atoms with Gasteiger partial charge in [-0.2, -0.15) is 0 Å². The number of aromatic amines is 1. The number of nitrogens with zero attached hydrogens (tertiary/aromatic N) is 1. The normalized spacial score (nSPS) is 14.7. The second kappa shape index (κ2) is 6.67. The molecule has 0 unspecified atom stereocenters. The zero-order valence-electron chi connectivity index (χ0n) is 14.3. The topological polar surface area (TPSA) is 131 Å². The first-order chi connectivity index (χ1) is 13.0. The molecule has 0 atom stereocenters. The minimum atomic E-state index is -1.09. The first-order valence-corrected chi connectivity index (χ1v) is 9.46. The van der Waals surface area contributed by atoms with Crippen LogP contribution in [0, 0.1) is 5.41 Å². The zero-order valence-corrected chi connectivity index (χ0v) is 15.1. The Hall–Kier alpha value is -2.91. The van der Waals surface area contributed by atoms with Crippen LogP contribution in [0.5, 0.6) is 0 Å². The summed E-state index contributed by atoms with van der Waals surface area (Å²) in [5.41, 5.74) is 3.33. The number of hydrogen-bond donors (Lipinski definition) is 5. The van der Waals surface area contributed by atoms with Gasteiger partial charge < -0.3 is 14.7 Å². The van der Waals surface area contributed by atoms with Crippen molar-refractivity contribution in [2.24, 2.45) is 0 Å². The quantitative estimate of drug-likeness (QED) is 0.267. The molecule has 8 nitrogen and oxygen atoms in total. The predicted molar refractivity (Wildman–Crippen MR) is 102 cm³/mol. The smallest absolute Gasteiger partial charge is 0.339 e. The second-order valence-electron chi connectivity index (χ2n) is 6.63. The summed E-state index contributed by atoms with van der Waals surface area (Å²) in [5, 5.41) is 28.4. The number of thiophene rings is 1. The highest BCUT2D eigenvalue weighted by Gasteiger charge is 2.26. The van der Waals surface area contributed by atoms with Gasteiger partial charge in [-0.05, 0) is 29.9 Å². The van der Waals surface area contributed by atoms with Crippen LogP contribution in [0.4, 0.5) is 0 Å². The number of pyridine rings is 1. The molecule has 1 aliphatic carbocycles. The fourth-order valence-electron chi connectivity index (χ4n) is 3.82. The minimum Gasteiger partial charge on any atom is -0.478 e. The third kappa shape index (κ3) is 2.84. The molecule has 0 saturated heterocycles. The minimum absolute atomic E-state index is 0.0722. The summed E-state index contributed by atoms with van der Waals surface area (Å²) >= 11 is 1.26. The Bertz CT molecular complexity index is 1100. The number of hydrogen-bond acceptors (Lipinski definition) is 5. The average Bonchev–Trinajstić information content (AvgIpc) is 3.39. The molecule has 0 amide bonds. The highest BCUT2D eigenvalue weighted by Crippen LogP contribution is 2.38. The van der Waals surface area contributed by atoms with Crippen molar-refractivity contribution in [2.45, 2.75) is 31.7 Å². The van der Waals surface area contributed by atoms with Crippen molar-refractivity contribution < 1.29 is 15.1 Å². The van der Waals surface area contributed by atoms with Crippen LogP contribution >= 0.6 is 11.3 Å². The molecule has 4 rings (SSSR count). The third-order valence-electron chi connectivity index (χ3n) is 5.08. The molecule has 5 N–H and O–H groups in total. The van der Waals surface area contributed by atoms with Gasteiger partial charge >= 0.3 is 5.97 Å². The van der Waals surface area contributed by atoms with Crippen molar-refractivity contribution in [1.82, 2.24) is 15.0 Å². The number of H-pyrrole nitrogens is 1. The average molecular weight is 386 g/mol. The molecular weight excluding hydrogens is 368 g/mol. The molecule has 140 valence electrons. The van der Waals surface area contributed by atoms with Crippen LogP contribution in [0.25, 0.3) is 22.0 Å². The van der Waals surface area contributed by atoms with Crippen molar-refractivity contribution in [1.29, 1.82) is 5.41 Å². The maximum absolute atomic E-state index is 12.6. The molecule has 3 aromatic rings. The Labute approximate surface area is 157 Å². The Morgan fingerprint density at radius 3 is 2.78 bits per heavy atom. The molecule has 0 aliphatic heterocycles. The summed E-state index contributed by atoms with van der Waals surface area (Å²) in [6.07, 6.45) is 7.16. The van der Waals surface area contributed by atoms with Gasteiger partial charge in [0.15, 0.2) is 5.84 Å². The van der Waals surface area contributed by atoms with E-state index < -0.39 is 5.97 Å². The van der Waals surface area contributed by atoms with E-state index in [2.05, 4.69) is 4.98 Å². The molecule has 3 aromatic heterocycles. The molecule has 1 aliphatic rings. The fourth-order valence-corrected chi connectivity index (χ4v) is 4.63. The van der Waals surface area contributed by atoms with E-state index in [0.29, 0.717) is 26.9 Å². The van der Waals surface area contributed by atoms with Crippen LogP contribution in [0.15, 0.2) is 28.6 Å². The van der Waals surface area contributed by atoms with E-state index in [1.807, 2.05) is 16.2 Å². The first-order valence-electron chi connectivity index (χ1n) is 8.58. The van der Waals surface area contributed by atoms with Gasteiger partial charge in [-0.1, -0.05) is 12.8 Å². The van der Waals surface area contributed by atoms with E-state index in [0.717, 1.165) is 25.7 Å². The third-order valence-corrected chi connectivity index (χ3v) is 6.03. The van der Waals surface area contributed by atoms with Crippen LogP contribution in [0.2, 0.25) is 0 Å². The van der Waals surface area contributed by atoms with Gasteiger partial charge in [0.25, 0.3) is 5.56 Å². The number of hydroxylamine groups is 1. The van der Waals surface area contributed by atoms with E-state index in [4.69, 9.17) is 10.6 Å². The molecule has 1 fully saturated rings. The van der Waals surface area contributed by atoms with E-state index >= 15 is 0 Å². The monoisotopic (exact) mass is 386 g/mol. The van der Waals surface area contributed by atoms with Crippen molar-refractivity contribution >= 4 is 34.0 Å². The largest absolute Gasteiger partial charge is 0.478 e. The summed E-state index contributed by atoms with van der Waals surface area (Å²) < 4.78 is 1.93. The number of rotatable bonds is 4. The number of fused-ring (bicyclic) bond motifs is 1. The van der Waals surface area contributed by atoms with Gasteiger partial charge in [-0.25, -0.2) is 4.79 Å². The number of aromatic nitrogens is 2. The second-order valence-corrected chi connectivity index (χ2v) is 7.55. The molecular formula is C18H18N4O4S. The zero-order chi connectivity index (χ0) is 19.1. The molecule has 0 bridgehead atoms. The van der Waals surface area contributed by atoms with E-state index in [-0.39, 0.29) is 23.0 Å². The van der Waals surface area contributed by atoms with E-state index in [1.165, 1.54) is 17.5 Å². The van der Waals surface area contributed by atoms with E-state index in [1.54, 1.807) is 11.4 Å². The van der Waals surface area contributed by atoms with E-state index in [9.17, 15) is 14.7 Å². The maximum atomic E-state index is 12.6. The Kier molecular flexibility index (Phi) is 4.33. The summed E-state index contributed by atoms with van der Waals surface area (Å²) in [4.78, 5) is 27.4. The Morgan fingerprint density at radius 1 is 1.37 bits per heavy atom. The molecule has 9 heteroatoms. The number of carbonyl (C=O) groups is 1. The van der Waals surface area contributed by atoms with Gasteiger partial charge in [0, 0.05) is 24.0 Å². The lowest BCUT2D eigenvalue weighted by Crippen LogP contribution is -2.17. The highest BCUT2D eigenvalue weighted by molar-refractivity contribution is 7.12. The van der Waals surface area contributed by atoms with Gasteiger partial charge in [0.2, 0.25) is 0 Å². The van der Waals surface area contributed by atoms with Crippen LogP contribution < -0.4 is 11.0 Å². The number of aromatic carboxylic acids is 1. The van der Waals surface area contributed by atoms with Crippen LogP contribution in [-0.4, -0.2) is 31.7 Å². The summed E-state index contributed by atoms with van der Waals surface area (Å²) in [6.45, 7) is 0. The fraction of sp³-hybridized carbons (Fsp3) is 0.278. The molecule has 27 heavy (non-hydrogen) atoms. The highest BCUT2D eigenvalue weighted by atomic mass is 32.1. The van der Waals surface area contributed by atoms with Crippen molar-refractivity contribution in [3.63, 3.8) is 0 Å². The number of amidine groups is 1. The molecule has 3 heterocycles. The number of carboxylic acids is 1. The predicted octanol–water partition coefficient (Wildman–Crippen LogP) is 3.18. The van der Waals surface area contributed by atoms with Crippen LogP contribution in [-0.2, 0) is 0 Å². The number of nitrogens with one attached hydrogen (secondary N) is 3. The van der Waals surface area contributed by atoms with Gasteiger partial charge in [-0.15, -0.1) is 11.3 Å². The van der Waals surface area contributed by atoms with Crippen molar-refractivity contribution in [2.75, 3.05) is 0 Å². The van der Waals surface area contributed by atoms with Crippen LogP contribution in [0.3, 0.4) is 0 Å². The molecule has 0 aromatic carbocycles. The summed E-state index contributed by atoms with van der Waals surface area (Å²) in [6, 6.07) is 1.87. The Morgan fingerprint density at radius 2 is 2.11 bits per heavy atom. The van der Waals surface area contributed by atoms with Crippen molar-refractivity contribution in [3.8, 4) is 11.1 Å². The summed E-state index contributed by atoms with van der Waals surface area (Å²) in [5.74, 6) is -1.22. The van der Waals surface area contributed by atoms with Gasteiger partial charge in [0.05, 0.1) is 15.8 Å². The van der Waals surface area contributed by atoms with Gasteiger partial charge in [-0.3, -0.25) is 20.9 Å². The lowest BCUT2D eigenvalue weighted by atomic mass is 10.1. The lowest BCUT2D eigenvalue weighted by molar-refractivity contribution is 0.0698. The van der Waals surface area contributed by atoms with Crippen molar-refractivity contribution in [3.05, 3.63) is 44.6 Å². The molecule has 0 spiro atoms. The standard InChI is InChI=1S/C18H18N4O4S/c19-16(21-26)13-5-9(8-27-13)12-7-22(10-3-1-2-4-10)15-11(18(24)25)6-20-17(23)14(12)15/h5-8,10,26H,1-4H2,(H2,19,21)(H,20,23)(H,24,25). The first kappa shape index (κ1) is 17.5. The lowest BCUT2D eigenvalue weighted by Gasteiger charge is -2.14. The number of carboxylic acid groups (broad SMARTS) is 1. The Balaban J connectivity index is 2.00. The van der Waals surface area contributed by atoms with Gasteiger partial charge in [0.1, 0.15) is 5.56 Å². The summed E-state index contributed by atoms with van der Waals surface area (Å²) in [7, 11) is 0. The maximum Gasteiger partial charge on any atom is 0.339 e.